The first-order valence-corrected chi connectivity index (χ1v) is 6.95. The summed E-state index contributed by atoms with van der Waals surface area (Å²) in [5.74, 6) is 0.908. The molecular weight excluding hydrogens is 274 g/mol. The molecular formula is C14H16ClN5. The number of aromatic nitrogens is 4. The zero-order chi connectivity index (χ0) is 14.1. The molecule has 20 heavy (non-hydrogen) atoms. The molecule has 104 valence electrons. The third-order valence-electron chi connectivity index (χ3n) is 3.37. The van der Waals surface area contributed by atoms with Gasteiger partial charge in [-0.05, 0) is 37.5 Å². The predicted octanol–water partition coefficient (Wildman–Crippen LogP) is 2.78. The van der Waals surface area contributed by atoms with Gasteiger partial charge in [-0.3, -0.25) is 5.10 Å². The van der Waals surface area contributed by atoms with Crippen molar-refractivity contribution in [1.82, 2.24) is 19.8 Å². The maximum Gasteiger partial charge on any atom is 0.170 e. The fraction of sp³-hybridized carbons (Fsp3) is 0.286. The van der Waals surface area contributed by atoms with E-state index in [1.807, 2.05) is 19.1 Å². The fourth-order valence-corrected chi connectivity index (χ4v) is 2.41. The maximum absolute atomic E-state index is 6.13. The summed E-state index contributed by atoms with van der Waals surface area (Å²) in [6.45, 7) is 1.89. The first-order chi connectivity index (χ1) is 9.65. The van der Waals surface area contributed by atoms with E-state index < -0.39 is 0 Å². The average molecular weight is 290 g/mol. The number of H-pyrrole nitrogens is 1. The van der Waals surface area contributed by atoms with Crippen LogP contribution in [0.1, 0.15) is 23.5 Å². The Kier molecular flexibility index (Phi) is 3.36. The van der Waals surface area contributed by atoms with E-state index >= 15 is 0 Å². The number of nitrogens with one attached hydrogen (secondary N) is 1. The number of fused-ring (bicyclic) bond motifs is 1. The van der Waals surface area contributed by atoms with Crippen molar-refractivity contribution in [2.24, 2.45) is 0 Å². The molecule has 0 spiro atoms. The van der Waals surface area contributed by atoms with Gasteiger partial charge < -0.3 is 5.73 Å². The summed E-state index contributed by atoms with van der Waals surface area (Å²) in [6.07, 6.45) is 2.84. The maximum atomic E-state index is 6.13. The highest BCUT2D eigenvalue weighted by molar-refractivity contribution is 6.34. The van der Waals surface area contributed by atoms with E-state index in [9.17, 15) is 0 Å². The lowest BCUT2D eigenvalue weighted by Gasteiger charge is -2.01. The minimum absolute atomic E-state index is 0.641. The third kappa shape index (κ3) is 2.36. The molecule has 6 heteroatoms. The molecule has 3 N–H and O–H groups in total. The Morgan fingerprint density at radius 2 is 2.00 bits per heavy atom. The molecule has 3 rings (SSSR count). The summed E-state index contributed by atoms with van der Waals surface area (Å²) < 4.78 is 1.79. The molecule has 1 aromatic carbocycles. The molecule has 0 aliphatic rings. The topological polar surface area (TPSA) is 72.0 Å². The van der Waals surface area contributed by atoms with Gasteiger partial charge in [0, 0.05) is 12.1 Å². The SMILES string of the molecule is Cc1nn2c(CCCc3ccc(N)cc3)n[nH]c2c1Cl. The van der Waals surface area contributed by atoms with Crippen molar-refractivity contribution in [3.05, 3.63) is 46.4 Å². The van der Waals surface area contributed by atoms with Crippen LogP contribution in [-0.4, -0.2) is 19.8 Å². The Hall–Kier alpha value is -2.01. The minimum atomic E-state index is 0.641. The van der Waals surface area contributed by atoms with E-state index in [0.29, 0.717) is 5.02 Å². The van der Waals surface area contributed by atoms with Gasteiger partial charge in [0.15, 0.2) is 11.5 Å². The Labute approximate surface area is 121 Å². The van der Waals surface area contributed by atoms with E-state index in [4.69, 9.17) is 17.3 Å². The number of nitrogens with zero attached hydrogens (tertiary/aromatic N) is 3. The molecule has 0 amide bonds. The Morgan fingerprint density at radius 3 is 2.75 bits per heavy atom. The highest BCUT2D eigenvalue weighted by Gasteiger charge is 2.12. The van der Waals surface area contributed by atoms with Crippen LogP contribution in [-0.2, 0) is 12.8 Å². The Morgan fingerprint density at radius 1 is 1.25 bits per heavy atom. The lowest BCUT2D eigenvalue weighted by atomic mass is 10.1. The highest BCUT2D eigenvalue weighted by atomic mass is 35.5. The summed E-state index contributed by atoms with van der Waals surface area (Å²) >= 11 is 6.13. The normalized spacial score (nSPS) is 11.3. The molecule has 0 saturated carbocycles. The van der Waals surface area contributed by atoms with Crippen LogP contribution < -0.4 is 5.73 Å². The van der Waals surface area contributed by atoms with Gasteiger partial charge in [-0.1, -0.05) is 23.7 Å². The van der Waals surface area contributed by atoms with E-state index in [2.05, 4.69) is 27.4 Å². The number of nitrogen functional groups attached to an aromatic ring is 1. The molecule has 0 aliphatic heterocycles. The van der Waals surface area contributed by atoms with E-state index in [0.717, 1.165) is 42.1 Å². The molecule has 0 aliphatic carbocycles. The van der Waals surface area contributed by atoms with Crippen LogP contribution in [0, 0.1) is 6.92 Å². The van der Waals surface area contributed by atoms with Crippen LogP contribution in [0.25, 0.3) is 5.65 Å². The van der Waals surface area contributed by atoms with Gasteiger partial charge in [-0.15, -0.1) is 0 Å². The van der Waals surface area contributed by atoms with Crippen LogP contribution in [0.3, 0.4) is 0 Å². The molecule has 0 radical (unpaired) electrons. The van der Waals surface area contributed by atoms with Crippen LogP contribution in [0.15, 0.2) is 24.3 Å². The van der Waals surface area contributed by atoms with Crippen molar-refractivity contribution in [2.45, 2.75) is 26.2 Å². The summed E-state index contributed by atoms with van der Waals surface area (Å²) in [5.41, 5.74) is 9.34. The van der Waals surface area contributed by atoms with Gasteiger partial charge in [0.25, 0.3) is 0 Å². The van der Waals surface area contributed by atoms with Gasteiger partial charge in [0.2, 0.25) is 0 Å². The van der Waals surface area contributed by atoms with Crippen molar-refractivity contribution in [3.63, 3.8) is 0 Å². The van der Waals surface area contributed by atoms with Gasteiger partial charge in [-0.25, -0.2) is 0 Å². The number of anilines is 1. The van der Waals surface area contributed by atoms with E-state index in [1.54, 1.807) is 4.52 Å². The van der Waals surface area contributed by atoms with Crippen LogP contribution in [0.5, 0.6) is 0 Å². The molecule has 0 bridgehead atoms. The first-order valence-electron chi connectivity index (χ1n) is 6.57. The summed E-state index contributed by atoms with van der Waals surface area (Å²) in [4.78, 5) is 0. The Bertz CT molecular complexity index is 726. The zero-order valence-electron chi connectivity index (χ0n) is 11.2. The van der Waals surface area contributed by atoms with E-state index in [-0.39, 0.29) is 0 Å². The van der Waals surface area contributed by atoms with Gasteiger partial charge >= 0.3 is 0 Å². The largest absolute Gasteiger partial charge is 0.399 e. The lowest BCUT2D eigenvalue weighted by molar-refractivity contribution is 0.732. The highest BCUT2D eigenvalue weighted by Crippen LogP contribution is 2.20. The van der Waals surface area contributed by atoms with Crippen LogP contribution >= 0.6 is 11.6 Å². The van der Waals surface area contributed by atoms with Crippen molar-refractivity contribution < 1.29 is 0 Å². The second-order valence-electron chi connectivity index (χ2n) is 4.89. The number of benzene rings is 1. The summed E-state index contributed by atoms with van der Waals surface area (Å²) in [6, 6.07) is 7.98. The van der Waals surface area contributed by atoms with Gasteiger partial charge in [0.05, 0.1) is 5.69 Å². The molecule has 0 fully saturated rings. The smallest absolute Gasteiger partial charge is 0.170 e. The molecule has 0 unspecified atom stereocenters. The standard InChI is InChI=1S/C14H16ClN5/c1-9-13(15)14-18-17-12(20(14)19-9)4-2-3-10-5-7-11(16)8-6-10/h5-8,18H,2-4,16H2,1H3. The van der Waals surface area contributed by atoms with Crippen LogP contribution in [0.2, 0.25) is 5.02 Å². The molecule has 2 aromatic heterocycles. The average Bonchev–Trinajstić information content (AvgIpc) is 2.95. The second kappa shape index (κ2) is 5.17. The number of hydrogen-bond acceptors (Lipinski definition) is 3. The molecule has 5 nitrogen and oxygen atoms in total. The van der Waals surface area contributed by atoms with Gasteiger partial charge in [0.1, 0.15) is 5.02 Å². The second-order valence-corrected chi connectivity index (χ2v) is 5.27. The van der Waals surface area contributed by atoms with Crippen molar-refractivity contribution >= 4 is 22.9 Å². The minimum Gasteiger partial charge on any atom is -0.399 e. The van der Waals surface area contributed by atoms with Crippen molar-refractivity contribution in [3.8, 4) is 0 Å². The van der Waals surface area contributed by atoms with Crippen molar-refractivity contribution in [1.29, 1.82) is 0 Å². The Balaban J connectivity index is 1.68. The first kappa shape index (κ1) is 13.0. The number of aryl methyl sites for hydroxylation is 3. The van der Waals surface area contributed by atoms with E-state index in [1.165, 1.54) is 5.56 Å². The summed E-state index contributed by atoms with van der Waals surface area (Å²) in [7, 11) is 0. The number of hydrogen-bond donors (Lipinski definition) is 2. The number of aromatic amines is 1. The zero-order valence-corrected chi connectivity index (χ0v) is 12.0. The lowest BCUT2D eigenvalue weighted by Crippen LogP contribution is -1.98. The van der Waals surface area contributed by atoms with Crippen molar-refractivity contribution in [2.75, 3.05) is 5.73 Å². The predicted molar refractivity (Wildman–Crippen MR) is 80.0 cm³/mol. The monoisotopic (exact) mass is 289 g/mol. The number of rotatable bonds is 4. The fourth-order valence-electron chi connectivity index (χ4n) is 2.25. The molecule has 3 aromatic rings. The molecule has 2 heterocycles. The molecule has 0 saturated heterocycles. The number of nitrogens with two attached hydrogens (primary N) is 1. The number of halogens is 1. The van der Waals surface area contributed by atoms with Gasteiger partial charge in [-0.2, -0.15) is 14.7 Å². The summed E-state index contributed by atoms with van der Waals surface area (Å²) in [5, 5.41) is 12.2. The molecule has 0 atom stereocenters. The quantitative estimate of drug-likeness (QED) is 0.726. The third-order valence-corrected chi connectivity index (χ3v) is 3.82. The van der Waals surface area contributed by atoms with Crippen LogP contribution in [0.4, 0.5) is 5.69 Å².